The SMILES string of the molecule is Cc1cc(C)n2nc(C(=O)NCCN3CCCCCC3=O)nc2n1. The summed E-state index contributed by atoms with van der Waals surface area (Å²) in [5.41, 5.74) is 1.71. The van der Waals surface area contributed by atoms with Crippen molar-refractivity contribution in [2.45, 2.75) is 39.5 Å². The number of hydrogen-bond acceptors (Lipinski definition) is 5. The fraction of sp³-hybridized carbons (Fsp3) is 0.562. The molecular weight excluding hydrogens is 308 g/mol. The molecule has 0 saturated carbocycles. The molecule has 0 atom stereocenters. The summed E-state index contributed by atoms with van der Waals surface area (Å²) in [4.78, 5) is 34.4. The molecule has 0 aliphatic carbocycles. The molecule has 3 heterocycles. The van der Waals surface area contributed by atoms with Gasteiger partial charge in [0.2, 0.25) is 11.7 Å². The Hall–Kier alpha value is -2.51. The van der Waals surface area contributed by atoms with Crippen LogP contribution in [0.1, 0.15) is 47.7 Å². The Labute approximate surface area is 140 Å². The van der Waals surface area contributed by atoms with Gasteiger partial charge in [0, 0.05) is 37.4 Å². The minimum absolute atomic E-state index is 0.0957. The van der Waals surface area contributed by atoms with Gasteiger partial charge in [0.25, 0.3) is 11.7 Å². The van der Waals surface area contributed by atoms with Crippen molar-refractivity contribution < 1.29 is 9.59 Å². The first kappa shape index (κ1) is 16.4. The summed E-state index contributed by atoms with van der Waals surface area (Å²) in [5, 5.41) is 6.98. The first-order chi connectivity index (χ1) is 11.5. The van der Waals surface area contributed by atoms with Crippen molar-refractivity contribution in [3.05, 3.63) is 23.3 Å². The number of fused-ring (bicyclic) bond motifs is 1. The van der Waals surface area contributed by atoms with E-state index in [0.717, 1.165) is 37.2 Å². The van der Waals surface area contributed by atoms with E-state index in [1.807, 2.05) is 24.8 Å². The Morgan fingerprint density at radius 3 is 2.92 bits per heavy atom. The molecule has 1 N–H and O–H groups in total. The fourth-order valence-corrected chi connectivity index (χ4v) is 2.92. The average molecular weight is 330 g/mol. The van der Waals surface area contributed by atoms with Gasteiger partial charge in [-0.15, -0.1) is 5.10 Å². The number of rotatable bonds is 4. The van der Waals surface area contributed by atoms with Gasteiger partial charge in [0.05, 0.1) is 0 Å². The number of hydrogen-bond donors (Lipinski definition) is 1. The van der Waals surface area contributed by atoms with Crippen LogP contribution in [0.5, 0.6) is 0 Å². The van der Waals surface area contributed by atoms with Crippen LogP contribution < -0.4 is 5.32 Å². The molecule has 2 aromatic rings. The van der Waals surface area contributed by atoms with Gasteiger partial charge in [-0.1, -0.05) is 6.42 Å². The Bertz CT molecular complexity index is 769. The van der Waals surface area contributed by atoms with Crippen LogP contribution in [0.4, 0.5) is 0 Å². The third kappa shape index (κ3) is 3.52. The molecule has 2 aromatic heterocycles. The van der Waals surface area contributed by atoms with E-state index in [1.165, 1.54) is 0 Å². The minimum Gasteiger partial charge on any atom is -0.347 e. The minimum atomic E-state index is -0.347. The second-order valence-corrected chi connectivity index (χ2v) is 6.13. The number of likely N-dealkylation sites (tertiary alicyclic amines) is 1. The normalized spacial score (nSPS) is 15.6. The van der Waals surface area contributed by atoms with Crippen LogP contribution in [0.15, 0.2) is 6.07 Å². The molecule has 8 nitrogen and oxygen atoms in total. The number of carbonyl (C=O) groups is 2. The number of nitrogens with zero attached hydrogens (tertiary/aromatic N) is 5. The van der Waals surface area contributed by atoms with Gasteiger partial charge in [-0.2, -0.15) is 4.98 Å². The summed E-state index contributed by atoms with van der Waals surface area (Å²) < 4.78 is 1.56. The number of nitrogens with one attached hydrogen (secondary N) is 1. The topological polar surface area (TPSA) is 92.5 Å². The number of aryl methyl sites for hydroxylation is 2. The molecule has 1 fully saturated rings. The molecule has 8 heteroatoms. The summed E-state index contributed by atoms with van der Waals surface area (Å²) >= 11 is 0. The number of aromatic nitrogens is 4. The van der Waals surface area contributed by atoms with Crippen LogP contribution in [0.2, 0.25) is 0 Å². The monoisotopic (exact) mass is 330 g/mol. The first-order valence-corrected chi connectivity index (χ1v) is 8.31. The van der Waals surface area contributed by atoms with E-state index in [1.54, 1.807) is 4.52 Å². The largest absolute Gasteiger partial charge is 0.347 e. The summed E-state index contributed by atoms with van der Waals surface area (Å²) in [6, 6.07) is 1.88. The maximum Gasteiger partial charge on any atom is 0.291 e. The van der Waals surface area contributed by atoms with Gasteiger partial charge in [-0.3, -0.25) is 9.59 Å². The second kappa shape index (κ2) is 6.94. The fourth-order valence-electron chi connectivity index (χ4n) is 2.92. The zero-order chi connectivity index (χ0) is 17.1. The predicted octanol–water partition coefficient (Wildman–Crippen LogP) is 0.874. The lowest BCUT2D eigenvalue weighted by Gasteiger charge is -2.20. The van der Waals surface area contributed by atoms with Gasteiger partial charge in [-0.25, -0.2) is 9.50 Å². The van der Waals surface area contributed by atoms with Crippen molar-refractivity contribution in [2.75, 3.05) is 19.6 Å². The molecule has 3 rings (SSSR count). The lowest BCUT2D eigenvalue weighted by molar-refractivity contribution is -0.130. The summed E-state index contributed by atoms with van der Waals surface area (Å²) in [6.07, 6.45) is 3.67. The maximum absolute atomic E-state index is 12.2. The molecule has 1 saturated heterocycles. The lowest BCUT2D eigenvalue weighted by atomic mass is 10.2. The molecule has 2 amide bonds. The molecule has 1 aliphatic rings. The van der Waals surface area contributed by atoms with E-state index in [4.69, 9.17) is 0 Å². The van der Waals surface area contributed by atoms with Crippen LogP contribution in [0.3, 0.4) is 0 Å². The highest BCUT2D eigenvalue weighted by molar-refractivity contribution is 5.90. The summed E-state index contributed by atoms with van der Waals surface area (Å²) in [5.74, 6) is 0.335. The Morgan fingerprint density at radius 2 is 2.08 bits per heavy atom. The van der Waals surface area contributed by atoms with Crippen molar-refractivity contribution in [3.63, 3.8) is 0 Å². The summed E-state index contributed by atoms with van der Waals surface area (Å²) in [7, 11) is 0. The quantitative estimate of drug-likeness (QED) is 0.898. The molecule has 128 valence electrons. The number of amides is 2. The highest BCUT2D eigenvalue weighted by Gasteiger charge is 2.18. The van der Waals surface area contributed by atoms with Crippen LogP contribution in [0.25, 0.3) is 5.78 Å². The molecule has 24 heavy (non-hydrogen) atoms. The van der Waals surface area contributed by atoms with Crippen LogP contribution >= 0.6 is 0 Å². The van der Waals surface area contributed by atoms with Crippen molar-refractivity contribution >= 4 is 17.6 Å². The molecule has 0 aromatic carbocycles. The van der Waals surface area contributed by atoms with Crippen molar-refractivity contribution in [1.29, 1.82) is 0 Å². The van der Waals surface area contributed by atoms with Gasteiger partial charge < -0.3 is 10.2 Å². The number of carbonyl (C=O) groups excluding carboxylic acids is 2. The van der Waals surface area contributed by atoms with Gasteiger partial charge in [0.15, 0.2) is 0 Å². The maximum atomic E-state index is 12.2. The van der Waals surface area contributed by atoms with Crippen LogP contribution in [-0.4, -0.2) is 55.9 Å². The Kier molecular flexibility index (Phi) is 4.73. The van der Waals surface area contributed by atoms with Gasteiger partial charge >= 0.3 is 0 Å². The molecule has 0 bridgehead atoms. The third-order valence-electron chi connectivity index (χ3n) is 4.16. The average Bonchev–Trinajstić information content (AvgIpc) is 2.86. The smallest absolute Gasteiger partial charge is 0.291 e. The molecule has 0 unspecified atom stereocenters. The van der Waals surface area contributed by atoms with Crippen LogP contribution in [0, 0.1) is 13.8 Å². The van der Waals surface area contributed by atoms with E-state index >= 15 is 0 Å². The molecular formula is C16H22N6O2. The molecule has 1 aliphatic heterocycles. The lowest BCUT2D eigenvalue weighted by Crippen LogP contribution is -2.38. The van der Waals surface area contributed by atoms with Crippen LogP contribution in [-0.2, 0) is 4.79 Å². The standard InChI is InChI=1S/C16H22N6O2/c1-11-10-12(2)22-16(18-11)19-14(20-22)15(24)17-7-9-21-8-5-3-4-6-13(21)23/h10H,3-9H2,1-2H3,(H,17,24). The predicted molar refractivity (Wildman–Crippen MR) is 87.6 cm³/mol. The van der Waals surface area contributed by atoms with Crippen molar-refractivity contribution in [2.24, 2.45) is 0 Å². The Morgan fingerprint density at radius 1 is 1.25 bits per heavy atom. The van der Waals surface area contributed by atoms with E-state index < -0.39 is 0 Å². The first-order valence-electron chi connectivity index (χ1n) is 8.31. The van der Waals surface area contributed by atoms with E-state index in [9.17, 15) is 9.59 Å². The molecule has 0 spiro atoms. The van der Waals surface area contributed by atoms with E-state index in [-0.39, 0.29) is 17.6 Å². The van der Waals surface area contributed by atoms with E-state index in [0.29, 0.717) is 25.3 Å². The molecule has 0 radical (unpaired) electrons. The summed E-state index contributed by atoms with van der Waals surface area (Å²) in [6.45, 7) is 5.45. The zero-order valence-electron chi connectivity index (χ0n) is 14.1. The van der Waals surface area contributed by atoms with Gasteiger partial charge in [0.1, 0.15) is 0 Å². The second-order valence-electron chi connectivity index (χ2n) is 6.13. The third-order valence-corrected chi connectivity index (χ3v) is 4.16. The highest BCUT2D eigenvalue weighted by atomic mass is 16.2. The highest BCUT2D eigenvalue weighted by Crippen LogP contribution is 2.10. The van der Waals surface area contributed by atoms with Gasteiger partial charge in [-0.05, 0) is 32.8 Å². The van der Waals surface area contributed by atoms with E-state index in [2.05, 4.69) is 20.4 Å². The Balaban J connectivity index is 1.61. The van der Waals surface area contributed by atoms with Crippen molar-refractivity contribution in [1.82, 2.24) is 29.8 Å². The van der Waals surface area contributed by atoms with Crippen molar-refractivity contribution in [3.8, 4) is 0 Å². The zero-order valence-corrected chi connectivity index (χ0v) is 14.1.